The van der Waals surface area contributed by atoms with Gasteiger partial charge in [-0.2, -0.15) is 5.10 Å². The Hall–Kier alpha value is -3.29. The second kappa shape index (κ2) is 7.62. The summed E-state index contributed by atoms with van der Waals surface area (Å²) in [5, 5.41) is 17.6. The lowest BCUT2D eigenvalue weighted by Crippen LogP contribution is -2.21. The van der Waals surface area contributed by atoms with Crippen molar-refractivity contribution in [3.63, 3.8) is 0 Å². The summed E-state index contributed by atoms with van der Waals surface area (Å²) in [6.07, 6.45) is 6.00. The number of likely N-dealkylation sites (tertiary alicyclic amines) is 1. The molecule has 1 atom stereocenters. The molecule has 1 aliphatic heterocycles. The summed E-state index contributed by atoms with van der Waals surface area (Å²) in [7, 11) is 0. The zero-order valence-corrected chi connectivity index (χ0v) is 15.8. The minimum absolute atomic E-state index is 0.203. The van der Waals surface area contributed by atoms with Gasteiger partial charge in [0.15, 0.2) is 0 Å². The number of nitrogens with zero attached hydrogens (tertiary/aromatic N) is 4. The van der Waals surface area contributed by atoms with E-state index in [1.54, 1.807) is 12.4 Å². The van der Waals surface area contributed by atoms with Gasteiger partial charge >= 0.3 is 0 Å². The van der Waals surface area contributed by atoms with E-state index in [-0.39, 0.29) is 6.10 Å². The molecule has 0 aliphatic carbocycles. The van der Waals surface area contributed by atoms with E-state index in [1.165, 1.54) is 0 Å². The molecule has 0 radical (unpaired) electrons. The molecule has 2 N–H and O–H groups in total. The molecule has 1 aromatic carbocycles. The van der Waals surface area contributed by atoms with E-state index in [2.05, 4.69) is 31.1 Å². The van der Waals surface area contributed by atoms with Crippen LogP contribution in [0.15, 0.2) is 61.1 Å². The van der Waals surface area contributed by atoms with E-state index in [9.17, 15) is 5.11 Å². The lowest BCUT2D eigenvalue weighted by atomic mass is 10.1. The van der Waals surface area contributed by atoms with Crippen molar-refractivity contribution in [3.8, 4) is 22.9 Å². The Morgan fingerprint density at radius 2 is 2.07 bits per heavy atom. The largest absolute Gasteiger partial charge is 0.439 e. The molecule has 7 heteroatoms. The second-order valence-electron chi connectivity index (χ2n) is 7.33. The van der Waals surface area contributed by atoms with Gasteiger partial charge in [-0.1, -0.05) is 0 Å². The molecule has 1 saturated heterocycles. The molecular formula is C22H21N5O2. The van der Waals surface area contributed by atoms with Gasteiger partial charge < -0.3 is 9.84 Å². The number of H-pyrrole nitrogens is 1. The van der Waals surface area contributed by atoms with Crippen molar-refractivity contribution < 1.29 is 9.84 Å². The Labute approximate surface area is 168 Å². The van der Waals surface area contributed by atoms with E-state index in [4.69, 9.17) is 4.74 Å². The van der Waals surface area contributed by atoms with Crippen LogP contribution in [-0.4, -0.2) is 49.4 Å². The summed E-state index contributed by atoms with van der Waals surface area (Å²) in [4.78, 5) is 11.2. The molecule has 29 heavy (non-hydrogen) atoms. The topological polar surface area (TPSA) is 87.2 Å². The summed E-state index contributed by atoms with van der Waals surface area (Å²) >= 11 is 0. The van der Waals surface area contributed by atoms with Crippen LogP contribution in [0.5, 0.6) is 11.6 Å². The third-order valence-corrected chi connectivity index (χ3v) is 5.14. The molecule has 1 fully saturated rings. The van der Waals surface area contributed by atoms with Gasteiger partial charge in [-0.05, 0) is 42.3 Å². The molecule has 4 heterocycles. The third-order valence-electron chi connectivity index (χ3n) is 5.14. The normalized spacial score (nSPS) is 17.1. The van der Waals surface area contributed by atoms with Crippen LogP contribution in [0.3, 0.4) is 0 Å². The Bertz CT molecular complexity index is 1110. The minimum atomic E-state index is -0.203. The quantitative estimate of drug-likeness (QED) is 0.546. The number of pyridine rings is 2. The molecule has 0 amide bonds. The number of hydrogen-bond acceptors (Lipinski definition) is 6. The summed E-state index contributed by atoms with van der Waals surface area (Å²) in [5.74, 6) is 1.22. The fourth-order valence-corrected chi connectivity index (χ4v) is 3.65. The Kier molecular flexibility index (Phi) is 4.67. The van der Waals surface area contributed by atoms with Crippen molar-refractivity contribution in [2.24, 2.45) is 0 Å². The maximum atomic E-state index is 9.68. The van der Waals surface area contributed by atoms with Gasteiger partial charge in [-0.3, -0.25) is 15.0 Å². The number of β-amino-alcohol motifs (C(OH)–C–C–N with tert-alkyl or cyclic N) is 1. The lowest BCUT2D eigenvalue weighted by Gasteiger charge is -2.15. The van der Waals surface area contributed by atoms with Crippen LogP contribution >= 0.6 is 0 Å². The summed E-state index contributed by atoms with van der Waals surface area (Å²) in [5.41, 5.74) is 3.89. The van der Waals surface area contributed by atoms with Crippen LogP contribution in [0, 0.1) is 0 Å². The van der Waals surface area contributed by atoms with E-state index >= 15 is 0 Å². The third kappa shape index (κ3) is 3.96. The predicted octanol–water partition coefficient (Wildman–Crippen LogP) is 3.38. The molecule has 5 rings (SSSR count). The highest BCUT2D eigenvalue weighted by atomic mass is 16.5. The Morgan fingerprint density at radius 1 is 1.10 bits per heavy atom. The molecule has 7 nitrogen and oxygen atoms in total. The molecule has 1 aliphatic rings. The maximum Gasteiger partial charge on any atom is 0.219 e. The minimum Gasteiger partial charge on any atom is -0.439 e. The lowest BCUT2D eigenvalue weighted by molar-refractivity contribution is 0.175. The molecule has 0 spiro atoms. The fraction of sp³-hybridized carbons (Fsp3) is 0.227. The number of aromatic nitrogens is 4. The van der Waals surface area contributed by atoms with Gasteiger partial charge in [-0.25, -0.2) is 4.98 Å². The van der Waals surface area contributed by atoms with Crippen molar-refractivity contribution in [2.45, 2.75) is 19.1 Å². The average molecular weight is 387 g/mol. The first-order valence-corrected chi connectivity index (χ1v) is 9.66. The number of aliphatic hydroxyl groups is 1. The number of aromatic amines is 1. The highest BCUT2D eigenvalue weighted by molar-refractivity contribution is 5.80. The number of fused-ring (bicyclic) bond motifs is 1. The number of hydrogen-bond donors (Lipinski definition) is 2. The van der Waals surface area contributed by atoms with E-state index in [1.807, 2.05) is 42.6 Å². The molecule has 0 unspecified atom stereocenters. The summed E-state index contributed by atoms with van der Waals surface area (Å²) in [6.45, 7) is 2.47. The SMILES string of the molecule is O[C@@H]1CCN(Cc2cnc3cc(Oc4ccc(-c5ccn[nH]5)cn4)ccc3c2)C1. The van der Waals surface area contributed by atoms with Crippen LogP contribution in [0.2, 0.25) is 0 Å². The van der Waals surface area contributed by atoms with Crippen molar-refractivity contribution >= 4 is 10.9 Å². The molecule has 0 bridgehead atoms. The van der Waals surface area contributed by atoms with Crippen LogP contribution in [0.4, 0.5) is 0 Å². The number of benzene rings is 1. The highest BCUT2D eigenvalue weighted by Crippen LogP contribution is 2.26. The van der Waals surface area contributed by atoms with Crippen molar-refractivity contribution in [1.29, 1.82) is 0 Å². The smallest absolute Gasteiger partial charge is 0.219 e. The van der Waals surface area contributed by atoms with Gasteiger partial charge in [0.2, 0.25) is 5.88 Å². The van der Waals surface area contributed by atoms with Crippen molar-refractivity contribution in [3.05, 3.63) is 66.6 Å². The first-order valence-electron chi connectivity index (χ1n) is 9.66. The number of ether oxygens (including phenoxy) is 1. The molecule has 146 valence electrons. The zero-order valence-electron chi connectivity index (χ0n) is 15.8. The molecular weight excluding hydrogens is 366 g/mol. The molecule has 0 saturated carbocycles. The Balaban J connectivity index is 1.30. The summed E-state index contributed by atoms with van der Waals surface area (Å²) < 4.78 is 5.90. The van der Waals surface area contributed by atoms with E-state index < -0.39 is 0 Å². The number of nitrogens with one attached hydrogen (secondary N) is 1. The number of aliphatic hydroxyl groups excluding tert-OH is 1. The zero-order chi connectivity index (χ0) is 19.6. The van der Waals surface area contributed by atoms with Gasteiger partial charge in [0.05, 0.1) is 17.3 Å². The van der Waals surface area contributed by atoms with Gasteiger partial charge in [0.25, 0.3) is 0 Å². The first kappa shape index (κ1) is 17.8. The average Bonchev–Trinajstić information content (AvgIpc) is 3.41. The van der Waals surface area contributed by atoms with Gasteiger partial charge in [0, 0.05) is 61.3 Å². The summed E-state index contributed by atoms with van der Waals surface area (Å²) in [6, 6.07) is 13.7. The van der Waals surface area contributed by atoms with Crippen LogP contribution in [0.25, 0.3) is 22.2 Å². The van der Waals surface area contributed by atoms with Gasteiger partial charge in [-0.15, -0.1) is 0 Å². The van der Waals surface area contributed by atoms with Crippen LogP contribution in [-0.2, 0) is 6.54 Å². The Morgan fingerprint density at radius 3 is 2.83 bits per heavy atom. The fourth-order valence-electron chi connectivity index (χ4n) is 3.65. The predicted molar refractivity (Wildman–Crippen MR) is 110 cm³/mol. The molecule has 3 aromatic heterocycles. The highest BCUT2D eigenvalue weighted by Gasteiger charge is 2.20. The van der Waals surface area contributed by atoms with Crippen LogP contribution < -0.4 is 4.74 Å². The van der Waals surface area contributed by atoms with Crippen molar-refractivity contribution in [1.82, 2.24) is 25.1 Å². The monoisotopic (exact) mass is 387 g/mol. The standard InChI is InChI=1S/C22H21N5O2/c28-18-6-8-27(14-18)13-15-9-16-1-3-19(10-21(16)23-11-15)29-22-4-2-17(12-24-22)20-5-7-25-26-20/h1-5,7,9-12,18,28H,6,8,13-14H2,(H,25,26)/t18-/m1/s1. The first-order chi connectivity index (χ1) is 14.2. The maximum absolute atomic E-state index is 9.68. The van der Waals surface area contributed by atoms with E-state index in [0.717, 1.165) is 53.8 Å². The van der Waals surface area contributed by atoms with Crippen LogP contribution in [0.1, 0.15) is 12.0 Å². The van der Waals surface area contributed by atoms with Gasteiger partial charge in [0.1, 0.15) is 5.75 Å². The molecule has 4 aromatic rings. The number of rotatable bonds is 5. The second-order valence-corrected chi connectivity index (χ2v) is 7.33. The van der Waals surface area contributed by atoms with Crippen molar-refractivity contribution in [2.75, 3.05) is 13.1 Å². The van der Waals surface area contributed by atoms with E-state index in [0.29, 0.717) is 11.6 Å².